The molecule has 66 valence electrons. The Morgan fingerprint density at radius 2 is 2.15 bits per heavy atom. The molecule has 0 saturated carbocycles. The van der Waals surface area contributed by atoms with Crippen molar-refractivity contribution in [2.45, 2.75) is 6.73 Å². The molecule has 1 aromatic carbocycles. The van der Waals surface area contributed by atoms with Gasteiger partial charge in [0, 0.05) is 0 Å². The maximum absolute atomic E-state index is 11.5. The average Bonchev–Trinajstić information content (AvgIpc) is 2.19. The second kappa shape index (κ2) is 2.95. The van der Waals surface area contributed by atoms with E-state index in [2.05, 4.69) is 10.3 Å². The highest BCUT2D eigenvalue weighted by Crippen LogP contribution is 2.02. The summed E-state index contributed by atoms with van der Waals surface area (Å²) < 4.78 is 0.905. The van der Waals surface area contributed by atoms with E-state index in [1.807, 2.05) is 0 Å². The Labute approximate surface area is 73.2 Å². The number of aliphatic hydroxyl groups excluding tert-OH is 1. The number of rotatable bonds is 1. The SMILES string of the molecule is O=c1c2ccccc2nnn1CO. The number of aromatic nitrogens is 3. The Kier molecular flexibility index (Phi) is 1.79. The molecule has 1 N–H and O–H groups in total. The van der Waals surface area contributed by atoms with Crippen LogP contribution in [0.2, 0.25) is 0 Å². The van der Waals surface area contributed by atoms with E-state index in [-0.39, 0.29) is 5.56 Å². The monoisotopic (exact) mass is 177 g/mol. The molecule has 0 spiro atoms. The van der Waals surface area contributed by atoms with Crippen LogP contribution in [0.15, 0.2) is 29.1 Å². The lowest BCUT2D eigenvalue weighted by atomic mass is 10.2. The zero-order valence-electron chi connectivity index (χ0n) is 6.71. The highest BCUT2D eigenvalue weighted by atomic mass is 16.3. The van der Waals surface area contributed by atoms with Gasteiger partial charge < -0.3 is 5.11 Å². The van der Waals surface area contributed by atoms with E-state index in [4.69, 9.17) is 5.11 Å². The van der Waals surface area contributed by atoms with Gasteiger partial charge in [0.1, 0.15) is 12.2 Å². The molecule has 1 aromatic heterocycles. The molecule has 0 aliphatic carbocycles. The second-order valence-electron chi connectivity index (χ2n) is 2.55. The Morgan fingerprint density at radius 1 is 1.38 bits per heavy atom. The van der Waals surface area contributed by atoms with Crippen LogP contribution in [0, 0.1) is 0 Å². The number of aliphatic hydroxyl groups is 1. The molecule has 0 aliphatic rings. The van der Waals surface area contributed by atoms with Gasteiger partial charge in [-0.2, -0.15) is 4.68 Å². The molecule has 0 aliphatic heterocycles. The second-order valence-corrected chi connectivity index (χ2v) is 2.55. The molecule has 0 bridgehead atoms. The standard InChI is InChI=1S/C8H7N3O2/c12-5-11-8(13)6-3-1-2-4-7(6)9-10-11/h1-4,12H,5H2. The van der Waals surface area contributed by atoms with Gasteiger partial charge in [-0.1, -0.05) is 17.3 Å². The van der Waals surface area contributed by atoms with Gasteiger partial charge in [-0.3, -0.25) is 4.79 Å². The van der Waals surface area contributed by atoms with Crippen LogP contribution in [0.1, 0.15) is 0 Å². The first-order valence-corrected chi connectivity index (χ1v) is 3.76. The number of benzene rings is 1. The van der Waals surface area contributed by atoms with Crippen molar-refractivity contribution in [1.29, 1.82) is 0 Å². The van der Waals surface area contributed by atoms with Crippen LogP contribution in [0.3, 0.4) is 0 Å². The number of hydrogen-bond donors (Lipinski definition) is 1. The first-order chi connectivity index (χ1) is 6.33. The van der Waals surface area contributed by atoms with Crippen LogP contribution < -0.4 is 5.56 Å². The third kappa shape index (κ3) is 1.19. The van der Waals surface area contributed by atoms with Crippen LogP contribution in [-0.4, -0.2) is 20.1 Å². The van der Waals surface area contributed by atoms with E-state index in [9.17, 15) is 4.79 Å². The summed E-state index contributed by atoms with van der Waals surface area (Å²) in [5.41, 5.74) is 0.213. The molecular weight excluding hydrogens is 170 g/mol. The molecule has 0 amide bonds. The Balaban J connectivity index is 2.87. The van der Waals surface area contributed by atoms with Crippen molar-refractivity contribution in [3.63, 3.8) is 0 Å². The number of nitrogens with zero attached hydrogens (tertiary/aromatic N) is 3. The van der Waals surface area contributed by atoms with Crippen LogP contribution in [0.25, 0.3) is 10.9 Å². The van der Waals surface area contributed by atoms with Crippen LogP contribution in [0.4, 0.5) is 0 Å². The highest BCUT2D eigenvalue weighted by molar-refractivity contribution is 5.76. The predicted octanol–water partition coefficient (Wildman–Crippen LogP) is -0.259. The molecule has 2 rings (SSSR count). The molecule has 5 nitrogen and oxygen atoms in total. The summed E-state index contributed by atoms with van der Waals surface area (Å²) >= 11 is 0. The summed E-state index contributed by atoms with van der Waals surface area (Å²) in [5.74, 6) is 0. The molecule has 5 heteroatoms. The fourth-order valence-electron chi connectivity index (χ4n) is 1.12. The Bertz CT molecular complexity index is 492. The minimum Gasteiger partial charge on any atom is -0.374 e. The van der Waals surface area contributed by atoms with Crippen LogP contribution >= 0.6 is 0 Å². The third-order valence-corrected chi connectivity index (χ3v) is 1.76. The molecule has 13 heavy (non-hydrogen) atoms. The first-order valence-electron chi connectivity index (χ1n) is 3.76. The van der Waals surface area contributed by atoms with Crippen LogP contribution in [-0.2, 0) is 6.73 Å². The summed E-state index contributed by atoms with van der Waals surface area (Å²) in [6, 6.07) is 6.87. The average molecular weight is 177 g/mol. The summed E-state index contributed by atoms with van der Waals surface area (Å²) in [4.78, 5) is 11.5. The molecule has 0 saturated heterocycles. The molecule has 0 unspecified atom stereocenters. The van der Waals surface area contributed by atoms with Crippen molar-refractivity contribution < 1.29 is 5.11 Å². The van der Waals surface area contributed by atoms with Crippen molar-refractivity contribution in [3.05, 3.63) is 34.6 Å². The van der Waals surface area contributed by atoms with E-state index in [1.54, 1.807) is 24.3 Å². The topological polar surface area (TPSA) is 68.0 Å². The largest absolute Gasteiger partial charge is 0.374 e. The lowest BCUT2D eigenvalue weighted by Crippen LogP contribution is -2.23. The minimum atomic E-state index is -0.448. The zero-order valence-corrected chi connectivity index (χ0v) is 6.71. The summed E-state index contributed by atoms with van der Waals surface area (Å²) in [6.07, 6.45) is 0. The molecule has 0 radical (unpaired) electrons. The van der Waals surface area contributed by atoms with Crippen LogP contribution in [0.5, 0.6) is 0 Å². The molecule has 2 aromatic rings. The number of hydrogen-bond acceptors (Lipinski definition) is 4. The lowest BCUT2D eigenvalue weighted by Gasteiger charge is -1.99. The smallest absolute Gasteiger partial charge is 0.279 e. The highest BCUT2D eigenvalue weighted by Gasteiger charge is 2.02. The van der Waals surface area contributed by atoms with Gasteiger partial charge in [0.05, 0.1) is 5.39 Å². The summed E-state index contributed by atoms with van der Waals surface area (Å²) in [6.45, 7) is -0.448. The van der Waals surface area contributed by atoms with Gasteiger partial charge in [-0.05, 0) is 12.1 Å². The Hall–Kier alpha value is -1.75. The maximum Gasteiger partial charge on any atom is 0.279 e. The molecule has 0 atom stereocenters. The maximum atomic E-state index is 11.5. The Morgan fingerprint density at radius 3 is 2.92 bits per heavy atom. The summed E-state index contributed by atoms with van der Waals surface area (Å²) in [7, 11) is 0. The lowest BCUT2D eigenvalue weighted by molar-refractivity contribution is 0.185. The quantitative estimate of drug-likeness (QED) is 0.651. The van der Waals surface area contributed by atoms with Crippen molar-refractivity contribution in [3.8, 4) is 0 Å². The summed E-state index contributed by atoms with van der Waals surface area (Å²) in [5, 5.41) is 16.5. The van der Waals surface area contributed by atoms with Gasteiger partial charge in [0.25, 0.3) is 5.56 Å². The fraction of sp³-hybridized carbons (Fsp3) is 0.125. The van der Waals surface area contributed by atoms with E-state index in [0.717, 1.165) is 4.68 Å². The van der Waals surface area contributed by atoms with E-state index in [0.29, 0.717) is 10.9 Å². The predicted molar refractivity (Wildman–Crippen MR) is 46.0 cm³/mol. The van der Waals surface area contributed by atoms with E-state index >= 15 is 0 Å². The van der Waals surface area contributed by atoms with E-state index < -0.39 is 6.73 Å². The van der Waals surface area contributed by atoms with Crippen molar-refractivity contribution in [2.24, 2.45) is 0 Å². The molecule has 0 fully saturated rings. The minimum absolute atomic E-state index is 0.326. The molecule has 1 heterocycles. The van der Waals surface area contributed by atoms with Gasteiger partial charge in [0.15, 0.2) is 0 Å². The van der Waals surface area contributed by atoms with Gasteiger partial charge in [-0.25, -0.2) is 0 Å². The normalized spacial score (nSPS) is 10.5. The van der Waals surface area contributed by atoms with Crippen molar-refractivity contribution in [1.82, 2.24) is 15.0 Å². The number of fused-ring (bicyclic) bond motifs is 1. The fourth-order valence-corrected chi connectivity index (χ4v) is 1.12. The van der Waals surface area contributed by atoms with Gasteiger partial charge >= 0.3 is 0 Å². The van der Waals surface area contributed by atoms with E-state index in [1.165, 1.54) is 0 Å². The van der Waals surface area contributed by atoms with Crippen molar-refractivity contribution >= 4 is 10.9 Å². The van der Waals surface area contributed by atoms with Gasteiger partial charge in [-0.15, -0.1) is 5.10 Å². The third-order valence-electron chi connectivity index (χ3n) is 1.76. The zero-order chi connectivity index (χ0) is 9.26. The van der Waals surface area contributed by atoms with Gasteiger partial charge in [0.2, 0.25) is 0 Å². The van der Waals surface area contributed by atoms with Crippen molar-refractivity contribution in [2.75, 3.05) is 0 Å². The molecular formula is C8H7N3O2. The first kappa shape index (κ1) is 7.88.